The minimum absolute atomic E-state index is 0. The Morgan fingerprint density at radius 3 is 0.744 bits per heavy atom. The van der Waals surface area contributed by atoms with E-state index in [1.165, 1.54) is 31.8 Å². The van der Waals surface area contributed by atoms with Gasteiger partial charge >= 0.3 is 23.9 Å². The van der Waals surface area contributed by atoms with Crippen molar-refractivity contribution < 1.29 is 0 Å². The average Bonchev–Trinajstić information content (AvgIpc) is 3.02. The first-order chi connectivity index (χ1) is 19.7. The van der Waals surface area contributed by atoms with Crippen LogP contribution in [0.5, 0.6) is 0 Å². The largest absolute Gasteiger partial charge is 2.00 e. The smallest absolute Gasteiger partial charge is 0.779 e. The summed E-state index contributed by atoms with van der Waals surface area (Å²) in [5, 5.41) is 7.87. The van der Waals surface area contributed by atoms with E-state index in [0.717, 1.165) is 9.79 Å². The molecule has 0 spiro atoms. The molecule has 0 amide bonds. The van der Waals surface area contributed by atoms with E-state index in [1.54, 1.807) is 0 Å². The zero-order valence-corrected chi connectivity index (χ0v) is 28.7. The molecule has 0 nitrogen and oxygen atoms in total. The van der Waals surface area contributed by atoms with E-state index in [1.807, 2.05) is 24.3 Å². The number of rotatable bonds is 6. The Labute approximate surface area is 289 Å². The Morgan fingerprint density at radius 2 is 0.512 bits per heavy atom. The van der Waals surface area contributed by atoms with Crippen molar-refractivity contribution in [1.29, 1.82) is 0 Å². The van der Waals surface area contributed by atoms with Crippen molar-refractivity contribution in [3.63, 3.8) is 0 Å². The van der Waals surface area contributed by atoms with Crippen molar-refractivity contribution in [3.05, 3.63) is 170 Å². The molecule has 0 aliphatic carbocycles. The van der Waals surface area contributed by atoms with E-state index in [-0.39, 0.29) is 38.8 Å². The number of hydrogen-bond donors (Lipinski definition) is 0. The molecule has 0 bridgehead atoms. The maximum atomic E-state index is 5.54. The van der Waals surface area contributed by atoms with Crippen LogP contribution in [0.3, 0.4) is 0 Å². The fraction of sp³-hybridized carbons (Fsp3) is 0.0526. The van der Waals surface area contributed by atoms with Crippen LogP contribution >= 0.6 is 15.8 Å². The Balaban J connectivity index is 0.000000281. The van der Waals surface area contributed by atoms with E-state index in [4.69, 9.17) is 25.3 Å². The summed E-state index contributed by atoms with van der Waals surface area (Å²) in [5.74, 6) is 0. The molecule has 0 heterocycles. The molecule has 2 radical (unpaired) electrons. The summed E-state index contributed by atoms with van der Waals surface area (Å²) in [6.45, 7) is 0. The Hall–Kier alpha value is -2.58. The summed E-state index contributed by atoms with van der Waals surface area (Å²) in [6, 6.07) is 59.1. The Kier molecular flexibility index (Phi) is 16.1. The van der Waals surface area contributed by atoms with Crippen molar-refractivity contribution in [2.75, 3.05) is 0 Å². The average molecular weight is 737 g/mol. The van der Waals surface area contributed by atoms with E-state index in [9.17, 15) is 0 Å². The molecule has 0 saturated carbocycles. The van der Waals surface area contributed by atoms with E-state index < -0.39 is 15.8 Å². The molecule has 6 aromatic rings. The van der Waals surface area contributed by atoms with Gasteiger partial charge in [0.25, 0.3) is 0 Å². The third-order valence-corrected chi connectivity index (χ3v) is 12.3. The van der Waals surface area contributed by atoms with Gasteiger partial charge in [0.1, 0.15) is 0 Å². The first-order valence-electron chi connectivity index (χ1n) is 13.0. The zero-order chi connectivity index (χ0) is 27.6. The van der Waals surface area contributed by atoms with Gasteiger partial charge in [0.05, 0.1) is 0 Å². The van der Waals surface area contributed by atoms with Crippen LogP contribution in [-0.4, -0.2) is 23.9 Å². The predicted molar refractivity (Wildman–Crippen MR) is 201 cm³/mol. The molecule has 0 saturated heterocycles. The van der Waals surface area contributed by atoms with Gasteiger partial charge in [-0.2, -0.15) is 9.79 Å². The second-order valence-corrected chi connectivity index (χ2v) is 14.2. The van der Waals surface area contributed by atoms with Gasteiger partial charge in [-0.1, -0.05) is 185 Å². The van der Waals surface area contributed by atoms with E-state index >= 15 is 0 Å². The van der Waals surface area contributed by atoms with Crippen LogP contribution in [0, 0.1) is 0 Å². The summed E-state index contributed by atoms with van der Waals surface area (Å²) < 4.78 is 0. The molecule has 0 aliphatic heterocycles. The normalized spacial score (nSPS) is 9.91. The molecular weight excluding hydrogens is 701 g/mol. The molecule has 0 fully saturated rings. The topological polar surface area (TPSA) is 0 Å². The molecule has 0 atom stereocenters. The van der Waals surface area contributed by atoms with Gasteiger partial charge in [-0.25, -0.2) is 0 Å². The second kappa shape index (κ2) is 18.9. The molecule has 0 aliphatic rings. The van der Waals surface area contributed by atoms with Crippen LogP contribution in [0.15, 0.2) is 180 Å². The first-order valence-corrected chi connectivity index (χ1v) is 16.5. The third-order valence-electron chi connectivity index (χ3n) is 6.27. The van der Waals surface area contributed by atoms with Crippen LogP contribution in [0.1, 0.15) is 14.9 Å². The quantitative estimate of drug-likeness (QED) is 0.0983. The molecule has 0 aromatic heterocycles. The van der Waals surface area contributed by atoms with Gasteiger partial charge in [0, 0.05) is 0 Å². The summed E-state index contributed by atoms with van der Waals surface area (Å²) in [4.78, 5) is 1.90. The molecule has 214 valence electrons. The first kappa shape index (κ1) is 36.6. The number of hydrogen-bond acceptors (Lipinski definition) is 2. The standard InChI is InChI=1S/2C18H15PS.2CH4.Sn/c2*20-18-14-8-7-13-17(18)19(15-9-3-1-4-10-15)16-11-5-2-6-12-16;;;/h2*1-14,20H;2*1H4;/q;;;;+2/p-2. The van der Waals surface area contributed by atoms with Gasteiger partial charge in [-0.15, -0.1) is 0 Å². The molecule has 5 heteroatoms. The van der Waals surface area contributed by atoms with Crippen molar-refractivity contribution >= 4 is 96.8 Å². The molecule has 6 rings (SSSR count). The van der Waals surface area contributed by atoms with Crippen molar-refractivity contribution in [2.24, 2.45) is 0 Å². The molecular formula is C38H36P2S2Sn. The Morgan fingerprint density at radius 1 is 0.302 bits per heavy atom. The molecule has 0 unspecified atom stereocenters. The molecule has 43 heavy (non-hydrogen) atoms. The van der Waals surface area contributed by atoms with Crippen LogP contribution in [0.4, 0.5) is 0 Å². The van der Waals surface area contributed by atoms with Crippen molar-refractivity contribution in [3.8, 4) is 0 Å². The van der Waals surface area contributed by atoms with Crippen LogP contribution in [0.25, 0.3) is 0 Å². The van der Waals surface area contributed by atoms with Gasteiger partial charge in [-0.3, -0.25) is 0 Å². The summed E-state index contributed by atoms with van der Waals surface area (Å²) in [6.07, 6.45) is 0. The van der Waals surface area contributed by atoms with E-state index in [2.05, 4.69) is 146 Å². The van der Waals surface area contributed by atoms with Crippen LogP contribution in [0.2, 0.25) is 0 Å². The fourth-order valence-corrected chi connectivity index (χ4v) is 9.94. The summed E-state index contributed by atoms with van der Waals surface area (Å²) in [7, 11) is -1.14. The zero-order valence-electron chi connectivity index (χ0n) is 22.4. The minimum atomic E-state index is -0.571. The Bertz CT molecular complexity index is 1410. The maximum absolute atomic E-state index is 5.54. The maximum Gasteiger partial charge on any atom is 2.00 e. The monoisotopic (exact) mass is 738 g/mol. The van der Waals surface area contributed by atoms with Gasteiger partial charge in [0.15, 0.2) is 0 Å². The predicted octanol–water partition coefficient (Wildman–Crippen LogP) is 7.59. The van der Waals surface area contributed by atoms with E-state index in [0.29, 0.717) is 0 Å². The second-order valence-electron chi connectivity index (χ2n) is 8.95. The van der Waals surface area contributed by atoms with Crippen molar-refractivity contribution in [1.82, 2.24) is 0 Å². The van der Waals surface area contributed by atoms with Gasteiger partial charge in [-0.05, 0) is 47.7 Å². The van der Waals surface area contributed by atoms with Crippen LogP contribution in [-0.2, 0) is 25.3 Å². The fourth-order valence-electron chi connectivity index (χ4n) is 4.45. The molecule has 6 aromatic carbocycles. The minimum Gasteiger partial charge on any atom is -0.779 e. The number of benzene rings is 6. The third kappa shape index (κ3) is 9.70. The summed E-state index contributed by atoms with van der Waals surface area (Å²) >= 11 is 11.1. The molecule has 0 N–H and O–H groups in total. The van der Waals surface area contributed by atoms with Gasteiger partial charge < -0.3 is 25.3 Å². The van der Waals surface area contributed by atoms with Crippen molar-refractivity contribution in [2.45, 2.75) is 24.6 Å². The van der Waals surface area contributed by atoms with Crippen LogP contribution < -0.4 is 31.8 Å². The summed E-state index contributed by atoms with van der Waals surface area (Å²) in [5.41, 5.74) is 0. The van der Waals surface area contributed by atoms with Gasteiger partial charge in [0.2, 0.25) is 0 Å². The SMILES string of the molecule is C.C.[S-]c1ccccc1P(c1ccccc1)c1ccccc1.[S-]c1ccccc1P(c1ccccc1)c1ccccc1.[Sn+2].